The molecule has 1 amide bonds. The fraction of sp³-hybridized carbons (Fsp3) is 0.208. The summed E-state index contributed by atoms with van der Waals surface area (Å²) in [7, 11) is -2.10. The van der Waals surface area contributed by atoms with Gasteiger partial charge in [-0.25, -0.2) is 13.1 Å². The third-order valence-corrected chi connectivity index (χ3v) is 7.18. The Bertz CT molecular complexity index is 1240. The molecule has 0 bridgehead atoms. The number of sulfonamides is 1. The molecule has 3 aromatic rings. The molecule has 0 saturated heterocycles. The lowest BCUT2D eigenvalue weighted by atomic mass is 10.1. The van der Waals surface area contributed by atoms with Crippen LogP contribution in [0.25, 0.3) is 0 Å². The second kappa shape index (κ2) is 8.94. The normalized spacial score (nSPS) is 15.5. The van der Waals surface area contributed by atoms with Gasteiger partial charge in [0.05, 0.1) is 12.0 Å². The molecular formula is C24H23ClN2O4S. The van der Waals surface area contributed by atoms with E-state index in [1.54, 1.807) is 36.3 Å². The minimum atomic E-state index is -3.68. The van der Waals surface area contributed by atoms with Crippen molar-refractivity contribution in [3.63, 3.8) is 0 Å². The molecule has 1 N–H and O–H groups in total. The molecule has 0 spiro atoms. The minimum absolute atomic E-state index is 0.000566. The monoisotopic (exact) mass is 470 g/mol. The summed E-state index contributed by atoms with van der Waals surface area (Å²) in [6, 6.07) is 18.7. The largest absolute Gasteiger partial charge is 0.497 e. The number of halogens is 1. The van der Waals surface area contributed by atoms with E-state index in [9.17, 15) is 13.2 Å². The zero-order valence-corrected chi connectivity index (χ0v) is 19.3. The van der Waals surface area contributed by atoms with E-state index in [-0.39, 0.29) is 23.4 Å². The SMILES string of the molecule is COc1ccc(C(=O)N2c3cc(CNS(=O)(=O)c4ccc(Cl)cc4)ccc3C[C@@H]2C)cc1. The number of amides is 1. The van der Waals surface area contributed by atoms with Crippen LogP contribution >= 0.6 is 11.6 Å². The Morgan fingerprint density at radius 2 is 1.78 bits per heavy atom. The van der Waals surface area contributed by atoms with Crippen LogP contribution in [0.3, 0.4) is 0 Å². The van der Waals surface area contributed by atoms with Crippen LogP contribution in [0.2, 0.25) is 5.02 Å². The summed E-state index contributed by atoms with van der Waals surface area (Å²) in [5.41, 5.74) is 3.20. The van der Waals surface area contributed by atoms with E-state index >= 15 is 0 Å². The van der Waals surface area contributed by atoms with E-state index in [0.717, 1.165) is 23.2 Å². The predicted octanol–water partition coefficient (Wildman–Crippen LogP) is 4.42. The number of carbonyl (C=O) groups excluding carboxylic acids is 1. The molecule has 0 aromatic heterocycles. The van der Waals surface area contributed by atoms with Crippen molar-refractivity contribution >= 4 is 33.2 Å². The van der Waals surface area contributed by atoms with Gasteiger partial charge in [0.25, 0.3) is 5.91 Å². The first-order valence-corrected chi connectivity index (χ1v) is 12.0. The van der Waals surface area contributed by atoms with Crippen molar-refractivity contribution in [3.8, 4) is 5.75 Å². The van der Waals surface area contributed by atoms with Crippen molar-refractivity contribution in [2.24, 2.45) is 0 Å². The van der Waals surface area contributed by atoms with Crippen molar-refractivity contribution in [2.45, 2.75) is 30.8 Å². The lowest BCUT2D eigenvalue weighted by molar-refractivity contribution is 0.0981. The van der Waals surface area contributed by atoms with Crippen molar-refractivity contribution in [1.29, 1.82) is 0 Å². The Morgan fingerprint density at radius 3 is 2.44 bits per heavy atom. The minimum Gasteiger partial charge on any atom is -0.497 e. The highest BCUT2D eigenvalue weighted by Gasteiger charge is 2.31. The first-order chi connectivity index (χ1) is 15.3. The Kier molecular flexibility index (Phi) is 6.24. The number of hydrogen-bond acceptors (Lipinski definition) is 4. The molecule has 0 radical (unpaired) electrons. The fourth-order valence-electron chi connectivity index (χ4n) is 3.82. The fourth-order valence-corrected chi connectivity index (χ4v) is 4.96. The van der Waals surface area contributed by atoms with Crippen LogP contribution in [0.15, 0.2) is 71.6 Å². The molecule has 3 aromatic carbocycles. The summed E-state index contributed by atoms with van der Waals surface area (Å²) < 4.78 is 33.0. The van der Waals surface area contributed by atoms with Crippen LogP contribution in [-0.4, -0.2) is 27.5 Å². The first-order valence-electron chi connectivity index (χ1n) is 10.1. The van der Waals surface area contributed by atoms with Gasteiger partial charge in [-0.15, -0.1) is 0 Å². The van der Waals surface area contributed by atoms with Gasteiger partial charge in [-0.2, -0.15) is 0 Å². The molecule has 0 unspecified atom stereocenters. The van der Waals surface area contributed by atoms with Crippen molar-refractivity contribution in [2.75, 3.05) is 12.0 Å². The number of hydrogen-bond donors (Lipinski definition) is 1. The topological polar surface area (TPSA) is 75.7 Å². The number of carbonyl (C=O) groups is 1. The van der Waals surface area contributed by atoms with Gasteiger partial charge in [-0.1, -0.05) is 23.7 Å². The van der Waals surface area contributed by atoms with E-state index in [0.29, 0.717) is 16.3 Å². The highest BCUT2D eigenvalue weighted by Crippen LogP contribution is 2.34. The molecule has 6 nitrogen and oxygen atoms in total. The van der Waals surface area contributed by atoms with E-state index < -0.39 is 10.0 Å². The average molecular weight is 471 g/mol. The van der Waals surface area contributed by atoms with E-state index in [1.807, 2.05) is 25.1 Å². The van der Waals surface area contributed by atoms with Gasteiger partial charge in [0, 0.05) is 28.9 Å². The smallest absolute Gasteiger partial charge is 0.258 e. The average Bonchev–Trinajstić information content (AvgIpc) is 3.12. The third-order valence-electron chi connectivity index (χ3n) is 5.51. The van der Waals surface area contributed by atoms with Crippen molar-refractivity contribution < 1.29 is 17.9 Å². The quantitative estimate of drug-likeness (QED) is 0.578. The molecule has 0 fully saturated rings. The maximum atomic E-state index is 13.2. The number of rotatable bonds is 6. The number of benzene rings is 3. The van der Waals surface area contributed by atoms with Gasteiger partial charge >= 0.3 is 0 Å². The molecule has 4 rings (SSSR count). The van der Waals surface area contributed by atoms with Gasteiger partial charge in [-0.3, -0.25) is 4.79 Å². The van der Waals surface area contributed by atoms with Gasteiger partial charge in [0.15, 0.2) is 0 Å². The summed E-state index contributed by atoms with van der Waals surface area (Å²) >= 11 is 5.85. The first kappa shape index (κ1) is 22.3. The predicted molar refractivity (Wildman–Crippen MR) is 125 cm³/mol. The molecule has 1 heterocycles. The maximum Gasteiger partial charge on any atom is 0.258 e. The van der Waals surface area contributed by atoms with E-state index in [2.05, 4.69) is 4.72 Å². The molecule has 0 aliphatic carbocycles. The molecular weight excluding hydrogens is 448 g/mol. The van der Waals surface area contributed by atoms with Gasteiger partial charge in [0.2, 0.25) is 10.0 Å². The Morgan fingerprint density at radius 1 is 1.09 bits per heavy atom. The third kappa shape index (κ3) is 4.50. The summed E-state index contributed by atoms with van der Waals surface area (Å²) in [6.45, 7) is 2.11. The second-order valence-electron chi connectivity index (χ2n) is 7.70. The number of anilines is 1. The molecule has 1 atom stereocenters. The van der Waals surface area contributed by atoms with Crippen LogP contribution < -0.4 is 14.4 Å². The zero-order chi connectivity index (χ0) is 22.9. The Balaban J connectivity index is 1.55. The van der Waals surface area contributed by atoms with E-state index in [1.165, 1.54) is 24.3 Å². The molecule has 1 aliphatic heterocycles. The maximum absolute atomic E-state index is 13.2. The Hall–Kier alpha value is -2.87. The van der Waals surface area contributed by atoms with Crippen LogP contribution in [0.4, 0.5) is 5.69 Å². The highest BCUT2D eigenvalue weighted by atomic mass is 35.5. The van der Waals surface area contributed by atoms with Gasteiger partial charge in [-0.05, 0) is 79.1 Å². The molecule has 1 aliphatic rings. The molecule has 166 valence electrons. The number of methoxy groups -OCH3 is 1. The zero-order valence-electron chi connectivity index (χ0n) is 17.7. The summed E-state index contributed by atoms with van der Waals surface area (Å²) in [6.07, 6.45) is 0.744. The summed E-state index contributed by atoms with van der Waals surface area (Å²) in [5, 5.41) is 0.471. The van der Waals surface area contributed by atoms with Crippen LogP contribution in [0.1, 0.15) is 28.4 Å². The standard InChI is InChI=1S/C24H23ClN2O4S/c1-16-13-19-4-3-17(15-26-32(29,30)22-11-7-20(25)8-12-22)14-23(19)27(16)24(28)18-5-9-21(31-2)10-6-18/h3-12,14,16,26H,13,15H2,1-2H3/t16-/m0/s1. The van der Waals surface area contributed by atoms with Crippen LogP contribution in [0.5, 0.6) is 5.75 Å². The summed E-state index contributed by atoms with van der Waals surface area (Å²) in [4.78, 5) is 15.1. The molecule has 8 heteroatoms. The Labute approximate surface area is 192 Å². The van der Waals surface area contributed by atoms with Crippen LogP contribution in [-0.2, 0) is 23.0 Å². The number of ether oxygens (including phenoxy) is 1. The van der Waals surface area contributed by atoms with Gasteiger partial charge < -0.3 is 9.64 Å². The highest BCUT2D eigenvalue weighted by molar-refractivity contribution is 7.89. The molecule has 32 heavy (non-hydrogen) atoms. The van der Waals surface area contributed by atoms with Gasteiger partial charge in [0.1, 0.15) is 5.75 Å². The number of fused-ring (bicyclic) bond motifs is 1. The molecule has 0 saturated carbocycles. The lowest BCUT2D eigenvalue weighted by Gasteiger charge is -2.23. The second-order valence-corrected chi connectivity index (χ2v) is 9.90. The van der Waals surface area contributed by atoms with Crippen molar-refractivity contribution in [3.05, 3.63) is 88.4 Å². The summed E-state index contributed by atoms with van der Waals surface area (Å²) in [5.74, 6) is 0.587. The number of nitrogens with one attached hydrogen (secondary N) is 1. The van der Waals surface area contributed by atoms with E-state index in [4.69, 9.17) is 16.3 Å². The van der Waals surface area contributed by atoms with Crippen molar-refractivity contribution in [1.82, 2.24) is 4.72 Å². The lowest BCUT2D eigenvalue weighted by Crippen LogP contribution is -2.35. The number of nitrogens with zero attached hydrogens (tertiary/aromatic N) is 1. The van der Waals surface area contributed by atoms with Crippen LogP contribution in [0, 0.1) is 0 Å².